The Morgan fingerprint density at radius 1 is 1.11 bits per heavy atom. The Balaban J connectivity index is 1.78. The molecule has 0 bridgehead atoms. The number of hydrazone groups is 1. The topological polar surface area (TPSA) is 79.8 Å². The minimum absolute atomic E-state index is 0.0123. The first-order valence-electron chi connectivity index (χ1n) is 8.28. The van der Waals surface area contributed by atoms with Gasteiger partial charge in [0.15, 0.2) is 0 Å². The van der Waals surface area contributed by atoms with Crippen LogP contribution in [0, 0.1) is 0 Å². The smallest absolute Gasteiger partial charge is 0.240 e. The fourth-order valence-electron chi connectivity index (χ4n) is 2.11. The van der Waals surface area contributed by atoms with Crippen molar-refractivity contribution in [2.24, 2.45) is 5.10 Å². The number of nitrogens with zero attached hydrogens (tertiary/aromatic N) is 1. The van der Waals surface area contributed by atoms with Crippen molar-refractivity contribution in [3.8, 4) is 5.75 Å². The maximum Gasteiger partial charge on any atom is 0.240 e. The molecule has 140 valence electrons. The third kappa shape index (κ3) is 7.33. The average molecular weight is 386 g/mol. The second kappa shape index (κ2) is 10.8. The number of rotatable bonds is 9. The third-order valence-corrected chi connectivity index (χ3v) is 3.59. The summed E-state index contributed by atoms with van der Waals surface area (Å²) in [6.45, 7) is 3.98. The highest BCUT2D eigenvalue weighted by molar-refractivity contribution is 6.30. The van der Waals surface area contributed by atoms with Crippen LogP contribution in [0.5, 0.6) is 5.75 Å². The SMILES string of the molecule is C=CCOc1ccccc1C=NNC(=O)CCC(=O)Nc1cccc(Cl)c1. The molecule has 27 heavy (non-hydrogen) atoms. The summed E-state index contributed by atoms with van der Waals surface area (Å²) in [7, 11) is 0. The van der Waals surface area contributed by atoms with Crippen molar-refractivity contribution in [2.75, 3.05) is 11.9 Å². The lowest BCUT2D eigenvalue weighted by Crippen LogP contribution is -2.20. The number of carbonyl (C=O) groups excluding carboxylic acids is 2. The van der Waals surface area contributed by atoms with E-state index in [4.69, 9.17) is 16.3 Å². The first-order valence-corrected chi connectivity index (χ1v) is 8.66. The van der Waals surface area contributed by atoms with Gasteiger partial charge in [-0.1, -0.05) is 42.5 Å². The molecular weight excluding hydrogens is 366 g/mol. The van der Waals surface area contributed by atoms with Crippen molar-refractivity contribution in [1.29, 1.82) is 0 Å². The molecule has 0 atom stereocenters. The van der Waals surface area contributed by atoms with Crippen LogP contribution in [0.25, 0.3) is 0 Å². The standard InChI is InChI=1S/C20H20ClN3O3/c1-2-12-27-18-9-4-3-6-15(18)14-22-24-20(26)11-10-19(25)23-17-8-5-7-16(21)13-17/h2-9,13-14H,1,10-12H2,(H,23,25)(H,24,26). The van der Waals surface area contributed by atoms with Crippen LogP contribution in [-0.4, -0.2) is 24.6 Å². The van der Waals surface area contributed by atoms with Gasteiger partial charge in [-0.05, 0) is 30.3 Å². The zero-order chi connectivity index (χ0) is 19.5. The summed E-state index contributed by atoms with van der Waals surface area (Å²) < 4.78 is 5.50. The largest absolute Gasteiger partial charge is 0.489 e. The normalized spacial score (nSPS) is 10.4. The number of halogens is 1. The van der Waals surface area contributed by atoms with E-state index in [9.17, 15) is 9.59 Å². The van der Waals surface area contributed by atoms with Crippen LogP contribution in [0.3, 0.4) is 0 Å². The number of ether oxygens (including phenoxy) is 1. The van der Waals surface area contributed by atoms with Gasteiger partial charge >= 0.3 is 0 Å². The van der Waals surface area contributed by atoms with Gasteiger partial charge in [-0.3, -0.25) is 9.59 Å². The fourth-order valence-corrected chi connectivity index (χ4v) is 2.30. The van der Waals surface area contributed by atoms with E-state index in [1.807, 2.05) is 18.2 Å². The van der Waals surface area contributed by atoms with E-state index in [0.717, 1.165) is 5.56 Å². The molecule has 0 aliphatic carbocycles. The first-order chi connectivity index (χ1) is 13.1. The molecule has 0 spiro atoms. The van der Waals surface area contributed by atoms with Gasteiger partial charge < -0.3 is 10.1 Å². The highest BCUT2D eigenvalue weighted by Crippen LogP contribution is 2.16. The predicted octanol–water partition coefficient (Wildman–Crippen LogP) is 3.77. The molecule has 7 heteroatoms. The van der Waals surface area contributed by atoms with E-state index in [0.29, 0.717) is 23.1 Å². The van der Waals surface area contributed by atoms with E-state index < -0.39 is 0 Å². The Morgan fingerprint density at radius 2 is 1.89 bits per heavy atom. The summed E-state index contributed by atoms with van der Waals surface area (Å²) in [4.78, 5) is 23.7. The predicted molar refractivity (Wildman–Crippen MR) is 107 cm³/mol. The molecule has 0 aliphatic rings. The van der Waals surface area contributed by atoms with Crippen molar-refractivity contribution in [2.45, 2.75) is 12.8 Å². The summed E-state index contributed by atoms with van der Waals surface area (Å²) in [6.07, 6.45) is 3.18. The Hall–Kier alpha value is -3.12. The van der Waals surface area contributed by atoms with Crippen molar-refractivity contribution >= 4 is 35.3 Å². The third-order valence-electron chi connectivity index (χ3n) is 3.36. The number of nitrogens with one attached hydrogen (secondary N) is 2. The molecule has 2 N–H and O–H groups in total. The van der Waals surface area contributed by atoms with E-state index in [1.165, 1.54) is 6.21 Å². The van der Waals surface area contributed by atoms with Crippen molar-refractivity contribution in [3.63, 3.8) is 0 Å². The minimum atomic E-state index is -0.364. The first kappa shape index (κ1) is 20.2. The lowest BCUT2D eigenvalue weighted by molar-refractivity contribution is -0.124. The van der Waals surface area contributed by atoms with Crippen LogP contribution in [0.15, 0.2) is 66.3 Å². The molecule has 0 heterocycles. The van der Waals surface area contributed by atoms with Gasteiger partial charge in [0, 0.05) is 29.1 Å². The summed E-state index contributed by atoms with van der Waals surface area (Å²) in [5.41, 5.74) is 3.70. The molecule has 0 fully saturated rings. The number of amides is 2. The molecule has 2 amide bonds. The molecule has 2 aromatic carbocycles. The van der Waals surface area contributed by atoms with E-state index in [1.54, 1.807) is 36.4 Å². The summed E-state index contributed by atoms with van der Waals surface area (Å²) in [5.74, 6) is -0.00662. The quantitative estimate of drug-likeness (QED) is 0.391. The van der Waals surface area contributed by atoms with Crippen LogP contribution in [-0.2, 0) is 9.59 Å². The van der Waals surface area contributed by atoms with Gasteiger partial charge in [-0.25, -0.2) is 5.43 Å². The van der Waals surface area contributed by atoms with Crippen molar-refractivity contribution < 1.29 is 14.3 Å². The number of hydrogen-bond acceptors (Lipinski definition) is 4. The van der Waals surface area contributed by atoms with Crippen LogP contribution in [0.2, 0.25) is 5.02 Å². The molecule has 0 aliphatic heterocycles. The Morgan fingerprint density at radius 3 is 2.67 bits per heavy atom. The highest BCUT2D eigenvalue weighted by Gasteiger charge is 2.07. The van der Waals surface area contributed by atoms with Gasteiger partial charge in [0.2, 0.25) is 11.8 Å². The van der Waals surface area contributed by atoms with Gasteiger partial charge in [0.25, 0.3) is 0 Å². The average Bonchev–Trinajstić information content (AvgIpc) is 2.65. The number of anilines is 1. The molecule has 2 rings (SSSR count). The molecule has 0 aromatic heterocycles. The second-order valence-corrected chi connectivity index (χ2v) is 5.93. The molecule has 0 saturated heterocycles. The van der Waals surface area contributed by atoms with Crippen LogP contribution < -0.4 is 15.5 Å². The summed E-state index contributed by atoms with van der Waals surface area (Å²) in [6, 6.07) is 14.1. The van der Waals surface area contributed by atoms with Crippen molar-refractivity contribution in [1.82, 2.24) is 5.43 Å². The lowest BCUT2D eigenvalue weighted by Gasteiger charge is -2.06. The minimum Gasteiger partial charge on any atom is -0.489 e. The molecule has 0 saturated carbocycles. The van der Waals surface area contributed by atoms with Crippen LogP contribution >= 0.6 is 11.6 Å². The summed E-state index contributed by atoms with van der Waals surface area (Å²) in [5, 5.41) is 7.11. The zero-order valence-electron chi connectivity index (χ0n) is 14.7. The van der Waals surface area contributed by atoms with Gasteiger partial charge in [-0.15, -0.1) is 0 Å². The number of hydrogen-bond donors (Lipinski definition) is 2. The van der Waals surface area contributed by atoms with E-state index in [-0.39, 0.29) is 24.7 Å². The Labute approximate surface area is 162 Å². The molecule has 0 unspecified atom stereocenters. The maximum absolute atomic E-state index is 11.9. The zero-order valence-corrected chi connectivity index (χ0v) is 15.4. The molecule has 0 radical (unpaired) electrons. The molecule has 6 nitrogen and oxygen atoms in total. The van der Waals surface area contributed by atoms with Crippen molar-refractivity contribution in [3.05, 3.63) is 71.8 Å². The second-order valence-electron chi connectivity index (χ2n) is 5.49. The molecule has 2 aromatic rings. The van der Waals surface area contributed by atoms with Crippen LogP contribution in [0.4, 0.5) is 5.69 Å². The van der Waals surface area contributed by atoms with E-state index in [2.05, 4.69) is 22.4 Å². The van der Waals surface area contributed by atoms with Gasteiger partial charge in [0.05, 0.1) is 6.21 Å². The van der Waals surface area contributed by atoms with Crippen LogP contribution in [0.1, 0.15) is 18.4 Å². The number of benzene rings is 2. The Kier molecular flexibility index (Phi) is 8.06. The summed E-state index contributed by atoms with van der Waals surface area (Å²) >= 11 is 5.86. The van der Waals surface area contributed by atoms with E-state index >= 15 is 0 Å². The van der Waals surface area contributed by atoms with Gasteiger partial charge in [0.1, 0.15) is 12.4 Å². The highest BCUT2D eigenvalue weighted by atomic mass is 35.5. The van der Waals surface area contributed by atoms with Gasteiger partial charge in [-0.2, -0.15) is 5.10 Å². The maximum atomic E-state index is 11.9. The number of para-hydroxylation sites is 1. The molecular formula is C20H20ClN3O3. The monoisotopic (exact) mass is 385 g/mol. The fraction of sp³-hybridized carbons (Fsp3) is 0.150. The lowest BCUT2D eigenvalue weighted by atomic mass is 10.2. The number of carbonyl (C=O) groups is 2. The Bertz CT molecular complexity index is 837.